The van der Waals surface area contributed by atoms with E-state index < -0.39 is 23.8 Å². The molecule has 2 heterocycles. The first-order valence-corrected chi connectivity index (χ1v) is 8.83. The van der Waals surface area contributed by atoms with Crippen LogP contribution in [0.15, 0.2) is 29.6 Å². The number of nitrogens with zero attached hydrogens (tertiary/aromatic N) is 3. The van der Waals surface area contributed by atoms with Crippen molar-refractivity contribution in [2.45, 2.75) is 13.0 Å². The minimum absolute atomic E-state index is 0.0322. The summed E-state index contributed by atoms with van der Waals surface area (Å²) in [5.41, 5.74) is 0.242. The number of nitrogens with one attached hydrogen (secondary N) is 1. The van der Waals surface area contributed by atoms with Gasteiger partial charge in [-0.25, -0.2) is 18.6 Å². The molecule has 1 saturated heterocycles. The number of hydrogen-bond donors (Lipinski definition) is 1. The largest absolute Gasteiger partial charge is 0.442 e. The highest BCUT2D eigenvalue weighted by molar-refractivity contribution is 9.11. The summed E-state index contributed by atoms with van der Waals surface area (Å²) < 4.78 is 35.5. The van der Waals surface area contributed by atoms with Crippen molar-refractivity contribution in [1.29, 1.82) is 0 Å². The van der Waals surface area contributed by atoms with Crippen LogP contribution in [0.25, 0.3) is 11.8 Å². The predicted octanol–water partition coefficient (Wildman–Crippen LogP) is 2.98. The molecule has 0 spiro atoms. The van der Waals surface area contributed by atoms with Crippen LogP contribution < -0.4 is 10.2 Å². The molecule has 142 valence electrons. The molecule has 1 N–H and O–H groups in total. The molecule has 0 aliphatic carbocycles. The quantitative estimate of drug-likeness (QED) is 0.775. The van der Waals surface area contributed by atoms with Gasteiger partial charge in [-0.05, 0) is 11.1 Å². The van der Waals surface area contributed by atoms with Crippen molar-refractivity contribution < 1.29 is 23.1 Å². The minimum Gasteiger partial charge on any atom is -0.442 e. The summed E-state index contributed by atoms with van der Waals surface area (Å²) in [5.74, 6) is -1.97. The van der Waals surface area contributed by atoms with Gasteiger partial charge < -0.3 is 14.6 Å². The normalized spacial score (nSPS) is 16.8. The summed E-state index contributed by atoms with van der Waals surface area (Å²) in [6.45, 7) is 1.54. The van der Waals surface area contributed by atoms with Crippen molar-refractivity contribution >= 4 is 39.7 Å². The Balaban J connectivity index is 1.84. The number of carbonyl (C=O) groups excluding carboxylic acids is 2. The highest BCUT2D eigenvalue weighted by atomic mass is 79.9. The van der Waals surface area contributed by atoms with E-state index in [-0.39, 0.29) is 30.4 Å². The topological polar surface area (TPSA) is 76.5 Å². The molecular formula is C17H15BrF2N4O3. The van der Waals surface area contributed by atoms with Gasteiger partial charge in [0, 0.05) is 25.3 Å². The molecule has 2 aromatic rings. The number of anilines is 1. The summed E-state index contributed by atoms with van der Waals surface area (Å²) in [6, 6.07) is 2.11. The van der Waals surface area contributed by atoms with E-state index in [1.165, 1.54) is 24.0 Å². The lowest BCUT2D eigenvalue weighted by Gasteiger charge is -2.15. The van der Waals surface area contributed by atoms with E-state index in [1.807, 2.05) is 0 Å². The van der Waals surface area contributed by atoms with Gasteiger partial charge in [-0.1, -0.05) is 15.9 Å². The van der Waals surface area contributed by atoms with Crippen LogP contribution in [0.2, 0.25) is 0 Å². The molecule has 7 nitrogen and oxygen atoms in total. The van der Waals surface area contributed by atoms with E-state index in [0.717, 1.165) is 17.0 Å². The van der Waals surface area contributed by atoms with Crippen molar-refractivity contribution in [3.63, 3.8) is 0 Å². The summed E-state index contributed by atoms with van der Waals surface area (Å²) in [5, 5.41) is 2.54. The zero-order valence-electron chi connectivity index (χ0n) is 14.2. The maximum atomic E-state index is 14.6. The predicted molar refractivity (Wildman–Crippen MR) is 97.7 cm³/mol. The second kappa shape index (κ2) is 7.87. The Bertz CT molecular complexity index is 892. The Hall–Kier alpha value is -2.75. The van der Waals surface area contributed by atoms with Crippen LogP contribution in [0.3, 0.4) is 0 Å². The molecule has 1 aliphatic heterocycles. The van der Waals surface area contributed by atoms with Crippen LogP contribution in [0.1, 0.15) is 12.6 Å². The van der Waals surface area contributed by atoms with Gasteiger partial charge in [0.15, 0.2) is 11.6 Å². The van der Waals surface area contributed by atoms with Gasteiger partial charge in [-0.2, -0.15) is 0 Å². The molecule has 0 unspecified atom stereocenters. The molecule has 1 fully saturated rings. The van der Waals surface area contributed by atoms with Crippen LogP contribution in [0, 0.1) is 11.6 Å². The standard InChI is InChI=1S/C17H15BrF2N4O3/c1-10(25)21-6-13-8-24(17(26)27-13)12-4-14(19)16(15(20)5-12)23-7-11(2-3-18)22-9-23/h2-5,7,9,13H,6,8H2,1H3,(H,21,25)/t13-/m0/s1. The zero-order valence-corrected chi connectivity index (χ0v) is 15.7. The Labute approximate surface area is 161 Å². The number of imidazole rings is 1. The van der Waals surface area contributed by atoms with E-state index in [9.17, 15) is 18.4 Å². The number of rotatable bonds is 5. The molecule has 1 aromatic carbocycles. The van der Waals surface area contributed by atoms with Crippen LogP contribution in [-0.2, 0) is 9.53 Å². The fraction of sp³-hybridized carbons (Fsp3) is 0.235. The molecule has 27 heavy (non-hydrogen) atoms. The molecule has 1 aromatic heterocycles. The van der Waals surface area contributed by atoms with Crippen LogP contribution in [0.4, 0.5) is 19.3 Å². The summed E-state index contributed by atoms with van der Waals surface area (Å²) in [7, 11) is 0. The molecular weight excluding hydrogens is 426 g/mol. The number of cyclic esters (lactones) is 1. The molecule has 1 atom stereocenters. The maximum absolute atomic E-state index is 14.6. The van der Waals surface area contributed by atoms with Gasteiger partial charge >= 0.3 is 6.09 Å². The maximum Gasteiger partial charge on any atom is 0.414 e. The molecule has 3 rings (SSSR count). The molecule has 2 amide bonds. The average molecular weight is 441 g/mol. The smallest absolute Gasteiger partial charge is 0.414 e. The van der Waals surface area contributed by atoms with E-state index in [1.54, 1.807) is 11.1 Å². The Morgan fingerprint density at radius 3 is 2.78 bits per heavy atom. The minimum atomic E-state index is -0.852. The lowest BCUT2D eigenvalue weighted by molar-refractivity contribution is -0.119. The first-order valence-electron chi connectivity index (χ1n) is 7.91. The number of ether oxygens (including phenoxy) is 1. The number of hydrogen-bond acceptors (Lipinski definition) is 4. The molecule has 0 saturated carbocycles. The number of benzene rings is 1. The Morgan fingerprint density at radius 2 is 2.15 bits per heavy atom. The number of halogens is 3. The van der Waals surface area contributed by atoms with Crippen molar-refractivity contribution in [1.82, 2.24) is 14.9 Å². The number of amides is 2. The summed E-state index contributed by atoms with van der Waals surface area (Å²) in [4.78, 5) is 29.7. The van der Waals surface area contributed by atoms with Crippen molar-refractivity contribution in [3.05, 3.63) is 47.0 Å². The SMILES string of the molecule is CC(=O)NC[C@H]1CN(c2cc(F)c(-n3cnc(C=CBr)c3)c(F)c2)C(=O)O1. The van der Waals surface area contributed by atoms with E-state index in [0.29, 0.717) is 5.69 Å². The average Bonchev–Trinajstić information content (AvgIpc) is 3.19. The van der Waals surface area contributed by atoms with Gasteiger partial charge in [0.2, 0.25) is 5.91 Å². The van der Waals surface area contributed by atoms with E-state index in [4.69, 9.17) is 4.74 Å². The second-order valence-corrected chi connectivity index (χ2v) is 6.34. The lowest BCUT2D eigenvalue weighted by Crippen LogP contribution is -2.33. The summed E-state index contributed by atoms with van der Waals surface area (Å²) >= 11 is 3.11. The third-order valence-electron chi connectivity index (χ3n) is 3.86. The van der Waals surface area contributed by atoms with E-state index in [2.05, 4.69) is 26.2 Å². The van der Waals surface area contributed by atoms with Gasteiger partial charge in [0.05, 0.1) is 24.5 Å². The highest BCUT2D eigenvalue weighted by Gasteiger charge is 2.33. The van der Waals surface area contributed by atoms with Gasteiger partial charge in [0.25, 0.3) is 0 Å². The monoisotopic (exact) mass is 440 g/mol. The number of carbonyl (C=O) groups is 2. The molecule has 0 radical (unpaired) electrons. The van der Waals surface area contributed by atoms with Gasteiger partial charge in [-0.3, -0.25) is 9.69 Å². The lowest BCUT2D eigenvalue weighted by atomic mass is 10.2. The fourth-order valence-corrected chi connectivity index (χ4v) is 2.93. The highest BCUT2D eigenvalue weighted by Crippen LogP contribution is 2.28. The molecule has 0 bridgehead atoms. The van der Waals surface area contributed by atoms with Crippen molar-refractivity contribution in [2.75, 3.05) is 18.0 Å². The zero-order chi connectivity index (χ0) is 19.6. The van der Waals surface area contributed by atoms with Crippen molar-refractivity contribution in [2.24, 2.45) is 0 Å². The van der Waals surface area contributed by atoms with Crippen LogP contribution in [-0.4, -0.2) is 40.7 Å². The van der Waals surface area contributed by atoms with Crippen molar-refractivity contribution in [3.8, 4) is 5.69 Å². The van der Waals surface area contributed by atoms with Crippen LogP contribution in [0.5, 0.6) is 0 Å². The fourth-order valence-electron chi connectivity index (χ4n) is 2.66. The third kappa shape index (κ3) is 4.16. The second-order valence-electron chi connectivity index (χ2n) is 5.81. The third-order valence-corrected chi connectivity index (χ3v) is 4.12. The first kappa shape index (κ1) is 19.0. The molecule has 1 aliphatic rings. The van der Waals surface area contributed by atoms with E-state index >= 15 is 0 Å². The van der Waals surface area contributed by atoms with Crippen LogP contribution >= 0.6 is 15.9 Å². The van der Waals surface area contributed by atoms with Gasteiger partial charge in [-0.15, -0.1) is 0 Å². The van der Waals surface area contributed by atoms with Gasteiger partial charge in [0.1, 0.15) is 18.1 Å². The summed E-state index contributed by atoms with van der Waals surface area (Å²) in [6.07, 6.45) is 3.04. The first-order chi connectivity index (χ1) is 12.9. The number of aromatic nitrogens is 2. The Morgan fingerprint density at radius 1 is 1.44 bits per heavy atom. The molecule has 10 heteroatoms. The Kier molecular flexibility index (Phi) is 5.54.